The van der Waals surface area contributed by atoms with Gasteiger partial charge in [0.15, 0.2) is 0 Å². The van der Waals surface area contributed by atoms with Gasteiger partial charge in [-0.3, -0.25) is 4.98 Å². The fraction of sp³-hybridized carbons (Fsp3) is 0.286. The van der Waals surface area contributed by atoms with Crippen LogP contribution in [0.15, 0.2) is 18.3 Å². The van der Waals surface area contributed by atoms with Crippen LogP contribution in [0, 0.1) is 0 Å². The van der Waals surface area contributed by atoms with E-state index in [1.165, 1.54) is 6.20 Å². The van der Waals surface area contributed by atoms with Crippen LogP contribution in [0.4, 0.5) is 0 Å². The highest BCUT2D eigenvalue weighted by molar-refractivity contribution is 5.19. The lowest BCUT2D eigenvalue weighted by Crippen LogP contribution is -2.06. The molecule has 10 heavy (non-hydrogen) atoms. The lowest BCUT2D eigenvalue weighted by atomic mass is 10.2. The van der Waals surface area contributed by atoms with Crippen molar-refractivity contribution in [1.82, 2.24) is 4.98 Å². The maximum Gasteiger partial charge on any atom is 0.133 e. The molecule has 0 bridgehead atoms. The first kappa shape index (κ1) is 7.02. The van der Waals surface area contributed by atoms with Gasteiger partial charge in [0.05, 0.1) is 11.9 Å². The molecular formula is C7H10N2O. The Bertz CT molecular complexity index is 205. The number of hydrogen-bond donors (Lipinski definition) is 2. The van der Waals surface area contributed by atoms with E-state index in [2.05, 4.69) is 4.98 Å². The van der Waals surface area contributed by atoms with Crippen LogP contribution in [0.5, 0.6) is 5.75 Å². The van der Waals surface area contributed by atoms with Gasteiger partial charge < -0.3 is 10.8 Å². The number of pyridine rings is 1. The molecule has 0 saturated heterocycles. The quantitative estimate of drug-likeness (QED) is 0.603. The molecule has 0 radical (unpaired) electrons. The van der Waals surface area contributed by atoms with Crippen molar-refractivity contribution < 1.29 is 5.11 Å². The fourth-order valence-electron chi connectivity index (χ4n) is 0.667. The Labute approximate surface area is 59.5 Å². The van der Waals surface area contributed by atoms with E-state index in [4.69, 9.17) is 10.8 Å². The number of aromatic nitrogens is 1. The van der Waals surface area contributed by atoms with Gasteiger partial charge >= 0.3 is 0 Å². The van der Waals surface area contributed by atoms with Gasteiger partial charge in [0, 0.05) is 6.04 Å². The molecule has 1 aromatic rings. The van der Waals surface area contributed by atoms with Crippen LogP contribution in [0.1, 0.15) is 18.7 Å². The van der Waals surface area contributed by atoms with Crippen molar-refractivity contribution in [3.63, 3.8) is 0 Å². The summed E-state index contributed by atoms with van der Waals surface area (Å²) in [5.41, 5.74) is 6.31. The van der Waals surface area contributed by atoms with Crippen molar-refractivity contribution in [3.8, 4) is 5.75 Å². The molecule has 0 aromatic carbocycles. The first-order chi connectivity index (χ1) is 4.70. The van der Waals surface area contributed by atoms with E-state index in [0.717, 1.165) is 5.69 Å². The summed E-state index contributed by atoms with van der Waals surface area (Å²) in [6, 6.07) is 3.21. The molecule has 0 saturated carbocycles. The largest absolute Gasteiger partial charge is 0.506 e. The summed E-state index contributed by atoms with van der Waals surface area (Å²) in [6.45, 7) is 1.85. The molecule has 1 aromatic heterocycles. The van der Waals surface area contributed by atoms with Crippen molar-refractivity contribution in [2.45, 2.75) is 13.0 Å². The number of nitrogens with two attached hydrogens (primary N) is 1. The van der Waals surface area contributed by atoms with E-state index < -0.39 is 0 Å². The lowest BCUT2D eigenvalue weighted by molar-refractivity contribution is 0.471. The zero-order valence-corrected chi connectivity index (χ0v) is 5.78. The maximum atomic E-state index is 8.84. The van der Waals surface area contributed by atoms with Gasteiger partial charge in [0.2, 0.25) is 0 Å². The molecule has 0 aliphatic carbocycles. The first-order valence-electron chi connectivity index (χ1n) is 3.10. The number of rotatable bonds is 1. The Morgan fingerprint density at radius 2 is 2.30 bits per heavy atom. The van der Waals surface area contributed by atoms with Crippen LogP contribution in [-0.4, -0.2) is 10.1 Å². The Morgan fingerprint density at radius 1 is 1.60 bits per heavy atom. The van der Waals surface area contributed by atoms with Gasteiger partial charge in [-0.15, -0.1) is 0 Å². The van der Waals surface area contributed by atoms with E-state index in [9.17, 15) is 0 Å². The highest BCUT2D eigenvalue weighted by Crippen LogP contribution is 2.09. The van der Waals surface area contributed by atoms with E-state index >= 15 is 0 Å². The molecule has 0 spiro atoms. The second-order valence-corrected chi connectivity index (χ2v) is 2.23. The summed E-state index contributed by atoms with van der Waals surface area (Å²) in [5, 5.41) is 8.84. The summed E-state index contributed by atoms with van der Waals surface area (Å²) in [4.78, 5) is 3.90. The monoisotopic (exact) mass is 138 g/mol. The highest BCUT2D eigenvalue weighted by atomic mass is 16.3. The number of hydrogen-bond acceptors (Lipinski definition) is 3. The molecule has 54 valence electrons. The van der Waals surface area contributed by atoms with Crippen molar-refractivity contribution in [3.05, 3.63) is 24.0 Å². The van der Waals surface area contributed by atoms with Crippen LogP contribution in [0.25, 0.3) is 0 Å². The second-order valence-electron chi connectivity index (χ2n) is 2.23. The highest BCUT2D eigenvalue weighted by Gasteiger charge is 1.98. The van der Waals surface area contributed by atoms with Crippen molar-refractivity contribution >= 4 is 0 Å². The van der Waals surface area contributed by atoms with Crippen LogP contribution in [0.3, 0.4) is 0 Å². The Morgan fingerprint density at radius 3 is 2.70 bits per heavy atom. The van der Waals surface area contributed by atoms with Crippen molar-refractivity contribution in [2.75, 3.05) is 0 Å². The summed E-state index contributed by atoms with van der Waals surface area (Å²) < 4.78 is 0. The molecule has 3 heteroatoms. The number of aromatic hydroxyl groups is 1. The fourth-order valence-corrected chi connectivity index (χ4v) is 0.667. The van der Waals surface area contributed by atoms with E-state index in [1.807, 2.05) is 6.92 Å². The standard InChI is InChI=1S/C7H10N2O/c1-5(8)7-3-2-6(10)4-9-7/h2-5,10H,8H2,1H3. The molecule has 1 heterocycles. The van der Waals surface area contributed by atoms with E-state index in [1.54, 1.807) is 12.1 Å². The average molecular weight is 138 g/mol. The van der Waals surface area contributed by atoms with Gasteiger partial charge in [-0.2, -0.15) is 0 Å². The molecule has 0 fully saturated rings. The molecule has 3 nitrogen and oxygen atoms in total. The Balaban J connectivity index is 2.89. The van der Waals surface area contributed by atoms with E-state index in [-0.39, 0.29) is 11.8 Å². The molecule has 1 rings (SSSR count). The topological polar surface area (TPSA) is 59.1 Å². The molecule has 1 unspecified atom stereocenters. The third-order valence-corrected chi connectivity index (χ3v) is 1.24. The summed E-state index contributed by atoms with van der Waals surface area (Å²) in [6.07, 6.45) is 1.39. The van der Waals surface area contributed by atoms with Gasteiger partial charge in [0.1, 0.15) is 5.75 Å². The summed E-state index contributed by atoms with van der Waals surface area (Å²) >= 11 is 0. The lowest BCUT2D eigenvalue weighted by Gasteiger charge is -2.02. The second kappa shape index (κ2) is 2.66. The van der Waals surface area contributed by atoms with Crippen molar-refractivity contribution in [1.29, 1.82) is 0 Å². The minimum atomic E-state index is -0.0689. The molecule has 3 N–H and O–H groups in total. The van der Waals surface area contributed by atoms with Gasteiger partial charge in [-0.25, -0.2) is 0 Å². The smallest absolute Gasteiger partial charge is 0.133 e. The Hall–Kier alpha value is -1.09. The summed E-state index contributed by atoms with van der Waals surface area (Å²) in [5.74, 6) is 0.171. The molecular weight excluding hydrogens is 128 g/mol. The van der Waals surface area contributed by atoms with Gasteiger partial charge in [-0.05, 0) is 19.1 Å². The predicted molar refractivity (Wildman–Crippen MR) is 38.5 cm³/mol. The number of nitrogens with zero attached hydrogens (tertiary/aromatic N) is 1. The third kappa shape index (κ3) is 1.45. The van der Waals surface area contributed by atoms with Crippen LogP contribution in [-0.2, 0) is 0 Å². The molecule has 0 aliphatic rings. The van der Waals surface area contributed by atoms with Gasteiger partial charge in [-0.1, -0.05) is 0 Å². The zero-order chi connectivity index (χ0) is 7.56. The first-order valence-corrected chi connectivity index (χ1v) is 3.10. The maximum absolute atomic E-state index is 8.84. The normalized spacial score (nSPS) is 13.0. The van der Waals surface area contributed by atoms with Crippen molar-refractivity contribution in [2.24, 2.45) is 5.73 Å². The average Bonchev–Trinajstić information content (AvgIpc) is 1.88. The predicted octanol–water partition coefficient (Wildman–Crippen LogP) is 0.807. The van der Waals surface area contributed by atoms with Gasteiger partial charge in [0.25, 0.3) is 0 Å². The SMILES string of the molecule is CC(N)c1ccc(O)cn1. The zero-order valence-electron chi connectivity index (χ0n) is 5.78. The summed E-state index contributed by atoms with van der Waals surface area (Å²) in [7, 11) is 0. The Kier molecular flexibility index (Phi) is 1.87. The molecule has 1 atom stereocenters. The van der Waals surface area contributed by atoms with Crippen LogP contribution >= 0.6 is 0 Å². The van der Waals surface area contributed by atoms with E-state index in [0.29, 0.717) is 0 Å². The minimum Gasteiger partial charge on any atom is -0.506 e. The molecule has 0 amide bonds. The molecule has 0 aliphatic heterocycles. The third-order valence-electron chi connectivity index (χ3n) is 1.24. The minimum absolute atomic E-state index is 0.0689. The van der Waals surface area contributed by atoms with Crippen LogP contribution < -0.4 is 5.73 Å². The van der Waals surface area contributed by atoms with Crippen LogP contribution in [0.2, 0.25) is 0 Å².